The molecule has 1 aromatic carbocycles. The minimum absolute atomic E-state index is 0.0307. The van der Waals surface area contributed by atoms with Gasteiger partial charge in [0.05, 0.1) is 0 Å². The summed E-state index contributed by atoms with van der Waals surface area (Å²) >= 11 is 0. The first-order valence-corrected chi connectivity index (χ1v) is 10.5. The van der Waals surface area contributed by atoms with Gasteiger partial charge < -0.3 is 14.8 Å². The lowest BCUT2D eigenvalue weighted by atomic mass is 9.95. The van der Waals surface area contributed by atoms with Crippen molar-refractivity contribution < 1.29 is 9.59 Å². The third kappa shape index (κ3) is 4.44. The standard InChI is InChI=1S/C24H29N3O2/c1-17-16-20(18(2)27(17)22-9-10-22)8-11-23(28)26-14-12-19(13-15-26)24(29)25-21-6-4-3-5-7-21/h3-8,11,16,19,22H,9-10,12-15H2,1-2H3,(H,25,29)/b11-8+. The molecule has 1 aliphatic carbocycles. The maximum atomic E-state index is 12.6. The molecule has 0 bridgehead atoms. The van der Waals surface area contributed by atoms with E-state index in [0.717, 1.165) is 11.3 Å². The van der Waals surface area contributed by atoms with Gasteiger partial charge in [-0.2, -0.15) is 0 Å². The number of aryl methyl sites for hydroxylation is 1. The van der Waals surface area contributed by atoms with Crippen molar-refractivity contribution in [3.63, 3.8) is 0 Å². The van der Waals surface area contributed by atoms with E-state index in [1.165, 1.54) is 24.2 Å². The van der Waals surface area contributed by atoms with E-state index in [1.807, 2.05) is 41.3 Å². The van der Waals surface area contributed by atoms with Crippen LogP contribution in [0.4, 0.5) is 5.69 Å². The van der Waals surface area contributed by atoms with Crippen molar-refractivity contribution in [2.75, 3.05) is 18.4 Å². The Bertz CT molecular complexity index is 917. The first-order chi connectivity index (χ1) is 14.0. The molecule has 2 amide bonds. The molecule has 1 N–H and O–H groups in total. The molecule has 4 rings (SSSR count). The quantitative estimate of drug-likeness (QED) is 0.772. The molecule has 5 nitrogen and oxygen atoms in total. The smallest absolute Gasteiger partial charge is 0.246 e. The Morgan fingerprint density at radius 3 is 2.38 bits per heavy atom. The normalized spacial score (nSPS) is 17.7. The van der Waals surface area contributed by atoms with E-state index in [-0.39, 0.29) is 17.7 Å². The number of carbonyl (C=O) groups excluding carboxylic acids is 2. The minimum Gasteiger partial charge on any atom is -0.346 e. The van der Waals surface area contributed by atoms with E-state index in [0.29, 0.717) is 32.0 Å². The van der Waals surface area contributed by atoms with Gasteiger partial charge in [0.2, 0.25) is 11.8 Å². The van der Waals surface area contributed by atoms with E-state index >= 15 is 0 Å². The largest absolute Gasteiger partial charge is 0.346 e. The highest BCUT2D eigenvalue weighted by molar-refractivity contribution is 5.94. The zero-order chi connectivity index (χ0) is 20.4. The fraction of sp³-hybridized carbons (Fsp3) is 0.417. The van der Waals surface area contributed by atoms with Crippen molar-refractivity contribution in [1.82, 2.24) is 9.47 Å². The summed E-state index contributed by atoms with van der Waals surface area (Å²) in [5, 5.41) is 2.97. The predicted octanol–water partition coefficient (Wildman–Crippen LogP) is 4.33. The van der Waals surface area contributed by atoms with Gasteiger partial charge in [0.15, 0.2) is 0 Å². The number of benzene rings is 1. The Hall–Kier alpha value is -2.82. The fourth-order valence-electron chi connectivity index (χ4n) is 4.26. The number of likely N-dealkylation sites (tertiary alicyclic amines) is 1. The van der Waals surface area contributed by atoms with Gasteiger partial charge in [-0.25, -0.2) is 0 Å². The molecule has 0 atom stereocenters. The van der Waals surface area contributed by atoms with E-state index in [9.17, 15) is 9.59 Å². The maximum absolute atomic E-state index is 12.6. The SMILES string of the molecule is Cc1cc(/C=C/C(=O)N2CCC(C(=O)Nc3ccccc3)CC2)c(C)n1C1CC1. The first kappa shape index (κ1) is 19.5. The molecule has 1 saturated carbocycles. The number of piperidine rings is 1. The van der Waals surface area contributed by atoms with Crippen molar-refractivity contribution in [3.05, 3.63) is 59.4 Å². The van der Waals surface area contributed by atoms with E-state index in [1.54, 1.807) is 6.08 Å². The highest BCUT2D eigenvalue weighted by Gasteiger charge is 2.28. The van der Waals surface area contributed by atoms with Crippen LogP contribution in [0.2, 0.25) is 0 Å². The Kier molecular flexibility index (Phi) is 5.56. The molecule has 2 aromatic rings. The second kappa shape index (κ2) is 8.27. The molecule has 2 heterocycles. The van der Waals surface area contributed by atoms with Gasteiger partial charge in [-0.1, -0.05) is 18.2 Å². The lowest BCUT2D eigenvalue weighted by molar-refractivity contribution is -0.130. The molecular formula is C24H29N3O2. The summed E-state index contributed by atoms with van der Waals surface area (Å²) in [5.41, 5.74) is 4.45. The van der Waals surface area contributed by atoms with Crippen LogP contribution in [0.5, 0.6) is 0 Å². The van der Waals surface area contributed by atoms with Gasteiger partial charge in [-0.3, -0.25) is 9.59 Å². The molecule has 1 aromatic heterocycles. The van der Waals surface area contributed by atoms with Crippen molar-refractivity contribution in [1.29, 1.82) is 0 Å². The van der Waals surface area contributed by atoms with Crippen molar-refractivity contribution in [3.8, 4) is 0 Å². The average molecular weight is 392 g/mol. The lowest BCUT2D eigenvalue weighted by Crippen LogP contribution is -2.40. The summed E-state index contributed by atoms with van der Waals surface area (Å²) in [7, 11) is 0. The van der Waals surface area contributed by atoms with Crippen LogP contribution >= 0.6 is 0 Å². The van der Waals surface area contributed by atoms with Gasteiger partial charge >= 0.3 is 0 Å². The van der Waals surface area contributed by atoms with Crippen molar-refractivity contribution in [2.24, 2.45) is 5.92 Å². The molecule has 2 fully saturated rings. The molecular weight excluding hydrogens is 362 g/mol. The number of carbonyl (C=O) groups is 2. The first-order valence-electron chi connectivity index (χ1n) is 10.5. The topological polar surface area (TPSA) is 54.3 Å². The van der Waals surface area contributed by atoms with Crippen molar-refractivity contribution >= 4 is 23.6 Å². The summed E-state index contributed by atoms with van der Waals surface area (Å²) in [6, 6.07) is 12.3. The van der Waals surface area contributed by atoms with E-state index in [4.69, 9.17) is 0 Å². The van der Waals surface area contributed by atoms with Crippen molar-refractivity contribution in [2.45, 2.75) is 45.6 Å². The molecule has 152 valence electrons. The number of amides is 2. The highest BCUT2D eigenvalue weighted by Crippen LogP contribution is 2.38. The summed E-state index contributed by atoms with van der Waals surface area (Å²) in [6.45, 7) is 5.51. The highest BCUT2D eigenvalue weighted by atomic mass is 16.2. The predicted molar refractivity (Wildman–Crippen MR) is 116 cm³/mol. The van der Waals surface area contributed by atoms with Gasteiger partial charge in [0.1, 0.15) is 0 Å². The van der Waals surface area contributed by atoms with Crippen LogP contribution in [-0.4, -0.2) is 34.4 Å². The number of aromatic nitrogens is 1. The minimum atomic E-state index is -0.0410. The summed E-state index contributed by atoms with van der Waals surface area (Å²) in [5.74, 6) is 0.0372. The van der Waals surface area contributed by atoms with Gasteiger partial charge in [0.25, 0.3) is 0 Å². The number of nitrogens with one attached hydrogen (secondary N) is 1. The molecule has 0 unspecified atom stereocenters. The van der Waals surface area contributed by atoms with E-state index in [2.05, 4.69) is 29.8 Å². The Balaban J connectivity index is 1.30. The van der Waals surface area contributed by atoms with Crippen LogP contribution in [0.1, 0.15) is 48.7 Å². The number of rotatable bonds is 5. The zero-order valence-corrected chi connectivity index (χ0v) is 17.2. The van der Waals surface area contributed by atoms with Gasteiger partial charge in [-0.15, -0.1) is 0 Å². The summed E-state index contributed by atoms with van der Waals surface area (Å²) in [6.07, 6.45) is 7.54. The van der Waals surface area contributed by atoms with Crippen LogP contribution in [0.3, 0.4) is 0 Å². The molecule has 1 saturated heterocycles. The second-order valence-corrected chi connectivity index (χ2v) is 8.22. The van der Waals surface area contributed by atoms with Crippen LogP contribution in [0.15, 0.2) is 42.5 Å². The third-order valence-electron chi connectivity index (χ3n) is 6.06. The van der Waals surface area contributed by atoms with Crippen LogP contribution in [-0.2, 0) is 9.59 Å². The summed E-state index contributed by atoms with van der Waals surface area (Å²) in [4.78, 5) is 26.9. The molecule has 2 aliphatic rings. The van der Waals surface area contributed by atoms with Crippen LogP contribution < -0.4 is 5.32 Å². The number of hydrogen-bond acceptors (Lipinski definition) is 2. The number of para-hydroxylation sites is 1. The van der Waals surface area contributed by atoms with Crippen LogP contribution in [0, 0.1) is 19.8 Å². The maximum Gasteiger partial charge on any atom is 0.246 e. The molecule has 1 aliphatic heterocycles. The molecule has 5 heteroatoms. The number of hydrogen-bond donors (Lipinski definition) is 1. The van der Waals surface area contributed by atoms with Crippen LogP contribution in [0.25, 0.3) is 6.08 Å². The monoisotopic (exact) mass is 391 g/mol. The molecule has 0 spiro atoms. The number of anilines is 1. The summed E-state index contributed by atoms with van der Waals surface area (Å²) < 4.78 is 2.39. The Morgan fingerprint density at radius 1 is 1.03 bits per heavy atom. The Labute approximate surface area is 172 Å². The fourth-order valence-corrected chi connectivity index (χ4v) is 4.26. The van der Waals surface area contributed by atoms with Gasteiger partial charge in [0, 0.05) is 48.2 Å². The van der Waals surface area contributed by atoms with E-state index < -0.39 is 0 Å². The molecule has 0 radical (unpaired) electrons. The third-order valence-corrected chi connectivity index (χ3v) is 6.06. The zero-order valence-electron chi connectivity index (χ0n) is 17.2. The van der Waals surface area contributed by atoms with Gasteiger partial charge in [-0.05, 0) is 69.4 Å². The number of nitrogens with zero attached hydrogens (tertiary/aromatic N) is 2. The lowest BCUT2D eigenvalue weighted by Gasteiger charge is -2.30. The average Bonchev–Trinajstić information content (AvgIpc) is 3.52. The molecule has 29 heavy (non-hydrogen) atoms. The Morgan fingerprint density at radius 2 is 1.72 bits per heavy atom. The second-order valence-electron chi connectivity index (χ2n) is 8.22.